The molecule has 32 heavy (non-hydrogen) atoms. The van der Waals surface area contributed by atoms with Crippen molar-refractivity contribution in [2.75, 3.05) is 6.35 Å². The zero-order valence-corrected chi connectivity index (χ0v) is 20.9. The molecule has 2 rings (SSSR count). The first-order chi connectivity index (χ1) is 15.0. The van der Waals surface area contributed by atoms with Gasteiger partial charge in [-0.2, -0.15) is 0 Å². The number of carbonyl (C=O) groups excluding carboxylic acids is 1. The van der Waals surface area contributed by atoms with Gasteiger partial charge in [0.1, 0.15) is 17.2 Å². The predicted octanol–water partition coefficient (Wildman–Crippen LogP) is 7.10. The minimum Gasteiger partial charge on any atom is -0.479 e. The van der Waals surface area contributed by atoms with Gasteiger partial charge in [0.15, 0.2) is 12.5 Å². The lowest BCUT2D eigenvalue weighted by Crippen LogP contribution is -2.27. The fourth-order valence-corrected chi connectivity index (χ4v) is 4.70. The molecule has 1 atom stereocenters. The summed E-state index contributed by atoms with van der Waals surface area (Å²) < 4.78 is 39.9. The number of benzene rings is 2. The van der Waals surface area contributed by atoms with Crippen LogP contribution in [0.2, 0.25) is 10.0 Å². The van der Waals surface area contributed by atoms with Gasteiger partial charge in [0, 0.05) is 5.02 Å². The molecule has 7 nitrogen and oxygen atoms in total. The molecule has 0 saturated carbocycles. The zero-order valence-electron chi connectivity index (χ0n) is 18.5. The van der Waals surface area contributed by atoms with Crippen LogP contribution in [0.25, 0.3) is 0 Å². The molecule has 0 saturated heterocycles. The second-order valence-electron chi connectivity index (χ2n) is 7.42. The number of carbonyl (C=O) groups is 1. The van der Waals surface area contributed by atoms with Crippen molar-refractivity contribution >= 4 is 36.8 Å². The number of hydrogen-bond donors (Lipinski definition) is 0. The third-order valence-corrected chi connectivity index (χ3v) is 6.16. The smallest absolute Gasteiger partial charge is 0.368 e. The number of rotatable bonds is 11. The highest BCUT2D eigenvalue weighted by Crippen LogP contribution is 2.50. The lowest BCUT2D eigenvalue weighted by Gasteiger charge is -2.23. The summed E-state index contributed by atoms with van der Waals surface area (Å²) in [4.78, 5) is 12.3. The highest BCUT2D eigenvalue weighted by Gasteiger charge is 2.31. The van der Waals surface area contributed by atoms with Crippen molar-refractivity contribution in [3.63, 3.8) is 0 Å². The lowest BCUT2D eigenvalue weighted by atomic mass is 10.3. The van der Waals surface area contributed by atoms with E-state index in [4.69, 9.17) is 46.5 Å². The van der Waals surface area contributed by atoms with Crippen LogP contribution in [0.5, 0.6) is 17.2 Å². The van der Waals surface area contributed by atoms with Crippen LogP contribution < -0.4 is 9.47 Å². The van der Waals surface area contributed by atoms with E-state index in [0.29, 0.717) is 27.3 Å². The molecule has 0 amide bonds. The fraction of sp³-hybridized carbons (Fsp3) is 0.409. The van der Waals surface area contributed by atoms with E-state index in [1.807, 2.05) is 0 Å². The zero-order chi connectivity index (χ0) is 23.9. The standard InChI is InChI=1S/C22H27Cl2O7P/c1-14(2)30-32(26,31-15(3)4)13-27-22(25)16(5)28-18-7-9-19(10-8-18)29-21-11-6-17(23)12-20(21)24/h6-12,14-16H,13H2,1-5H3. The van der Waals surface area contributed by atoms with Gasteiger partial charge in [-0.15, -0.1) is 0 Å². The Morgan fingerprint density at radius 3 is 2.00 bits per heavy atom. The van der Waals surface area contributed by atoms with Gasteiger partial charge in [-0.05, 0) is 77.1 Å². The van der Waals surface area contributed by atoms with Crippen molar-refractivity contribution in [1.82, 2.24) is 0 Å². The van der Waals surface area contributed by atoms with Gasteiger partial charge >= 0.3 is 13.6 Å². The van der Waals surface area contributed by atoms with E-state index in [0.717, 1.165) is 0 Å². The van der Waals surface area contributed by atoms with Crippen LogP contribution in [0.4, 0.5) is 0 Å². The Hall–Kier alpha value is -1.76. The molecule has 0 fully saturated rings. The third-order valence-electron chi connectivity index (χ3n) is 3.70. The predicted molar refractivity (Wildman–Crippen MR) is 124 cm³/mol. The summed E-state index contributed by atoms with van der Waals surface area (Å²) in [6, 6.07) is 11.5. The highest BCUT2D eigenvalue weighted by atomic mass is 35.5. The third kappa shape index (κ3) is 8.64. The maximum absolute atomic E-state index is 12.8. The summed E-state index contributed by atoms with van der Waals surface area (Å²) in [5, 5.41) is 0.893. The van der Waals surface area contributed by atoms with Crippen LogP contribution in [0, 0.1) is 0 Å². The van der Waals surface area contributed by atoms with Gasteiger partial charge < -0.3 is 23.3 Å². The van der Waals surface area contributed by atoms with Crippen molar-refractivity contribution in [2.45, 2.75) is 52.9 Å². The molecule has 0 radical (unpaired) electrons. The van der Waals surface area contributed by atoms with Crippen molar-refractivity contribution in [2.24, 2.45) is 0 Å². The second-order valence-corrected chi connectivity index (χ2v) is 10.2. The van der Waals surface area contributed by atoms with Gasteiger partial charge in [0.2, 0.25) is 0 Å². The average Bonchev–Trinajstić information content (AvgIpc) is 2.68. The van der Waals surface area contributed by atoms with E-state index in [9.17, 15) is 9.36 Å². The number of ether oxygens (including phenoxy) is 3. The van der Waals surface area contributed by atoms with E-state index in [1.165, 1.54) is 6.92 Å². The molecular formula is C22H27Cl2O7P. The van der Waals surface area contributed by atoms with Crippen LogP contribution in [0.15, 0.2) is 42.5 Å². The van der Waals surface area contributed by atoms with Crippen LogP contribution in [0.1, 0.15) is 34.6 Å². The molecule has 176 valence electrons. The van der Waals surface area contributed by atoms with E-state index in [2.05, 4.69) is 0 Å². The Morgan fingerprint density at radius 1 is 0.906 bits per heavy atom. The highest BCUT2D eigenvalue weighted by molar-refractivity contribution is 7.53. The normalized spacial score (nSPS) is 12.7. The molecule has 10 heteroatoms. The minimum atomic E-state index is -3.59. The molecule has 0 bridgehead atoms. The van der Waals surface area contributed by atoms with Gasteiger partial charge in [0.05, 0.1) is 17.2 Å². The molecule has 0 spiro atoms. The fourth-order valence-electron chi connectivity index (χ4n) is 2.51. The van der Waals surface area contributed by atoms with Crippen molar-refractivity contribution in [3.8, 4) is 17.2 Å². The first-order valence-corrected chi connectivity index (χ1v) is 12.5. The lowest BCUT2D eigenvalue weighted by molar-refractivity contribution is -0.149. The van der Waals surface area contributed by atoms with Crippen molar-refractivity contribution in [3.05, 3.63) is 52.5 Å². The Kier molecular flexibility index (Phi) is 9.86. The summed E-state index contributed by atoms with van der Waals surface area (Å²) in [7, 11) is -3.59. The molecular weight excluding hydrogens is 478 g/mol. The van der Waals surface area contributed by atoms with Gasteiger partial charge in [-0.3, -0.25) is 4.57 Å². The van der Waals surface area contributed by atoms with Gasteiger partial charge in [0.25, 0.3) is 0 Å². The SMILES string of the molecule is CC(C)OP(=O)(COC(=O)C(C)Oc1ccc(Oc2ccc(Cl)cc2Cl)cc1)OC(C)C. The summed E-state index contributed by atoms with van der Waals surface area (Å²) in [5.41, 5.74) is 0. The quantitative estimate of drug-likeness (QED) is 0.238. The Bertz CT molecular complexity index is 934. The first kappa shape index (κ1) is 26.5. The van der Waals surface area contributed by atoms with Crippen molar-refractivity contribution in [1.29, 1.82) is 0 Å². The van der Waals surface area contributed by atoms with Crippen LogP contribution >= 0.6 is 30.8 Å². The minimum absolute atomic E-state index is 0.351. The van der Waals surface area contributed by atoms with Gasteiger partial charge in [-0.25, -0.2) is 4.79 Å². The molecule has 1 unspecified atom stereocenters. The Morgan fingerprint density at radius 2 is 1.47 bits per heavy atom. The monoisotopic (exact) mass is 504 g/mol. The maximum atomic E-state index is 12.8. The number of halogens is 2. The molecule has 0 aliphatic rings. The molecule has 0 aromatic heterocycles. The number of hydrogen-bond acceptors (Lipinski definition) is 7. The van der Waals surface area contributed by atoms with Crippen LogP contribution in [-0.4, -0.2) is 30.6 Å². The summed E-state index contributed by atoms with van der Waals surface area (Å²) >= 11 is 12.0. The Labute approximate surface area is 198 Å². The summed E-state index contributed by atoms with van der Waals surface area (Å²) in [6.07, 6.45) is -2.14. The van der Waals surface area contributed by atoms with E-state index in [-0.39, 0.29) is 12.2 Å². The van der Waals surface area contributed by atoms with E-state index >= 15 is 0 Å². The molecule has 0 N–H and O–H groups in total. The number of esters is 1. The van der Waals surface area contributed by atoms with Crippen molar-refractivity contribution < 1.29 is 32.6 Å². The van der Waals surface area contributed by atoms with E-state index < -0.39 is 26.0 Å². The van der Waals surface area contributed by atoms with Crippen LogP contribution in [-0.2, 0) is 23.1 Å². The second kappa shape index (κ2) is 11.9. The molecule has 0 aliphatic carbocycles. The average molecular weight is 505 g/mol. The molecule has 0 aliphatic heterocycles. The van der Waals surface area contributed by atoms with Gasteiger partial charge in [-0.1, -0.05) is 23.2 Å². The molecule has 2 aromatic rings. The Balaban J connectivity index is 1.93. The largest absolute Gasteiger partial charge is 0.479 e. The van der Waals surface area contributed by atoms with Crippen LogP contribution in [0.3, 0.4) is 0 Å². The summed E-state index contributed by atoms with van der Waals surface area (Å²) in [6.45, 7) is 8.41. The topological polar surface area (TPSA) is 80.3 Å². The first-order valence-electron chi connectivity index (χ1n) is 9.99. The molecule has 0 heterocycles. The molecule has 2 aromatic carbocycles. The maximum Gasteiger partial charge on any atom is 0.368 e. The van der Waals surface area contributed by atoms with E-state index in [1.54, 1.807) is 70.2 Å². The summed E-state index contributed by atoms with van der Waals surface area (Å²) in [5.74, 6) is 0.704.